The van der Waals surface area contributed by atoms with E-state index in [0.717, 1.165) is 19.0 Å². The van der Waals surface area contributed by atoms with Crippen molar-refractivity contribution in [3.05, 3.63) is 35.4 Å². The minimum Gasteiger partial charge on any atom is -0.313 e. The lowest BCUT2D eigenvalue weighted by atomic mass is 9.95. The van der Waals surface area contributed by atoms with Crippen LogP contribution in [0.1, 0.15) is 50.8 Å². The molecule has 1 heterocycles. The van der Waals surface area contributed by atoms with Crippen molar-refractivity contribution in [2.45, 2.75) is 52.2 Å². The summed E-state index contributed by atoms with van der Waals surface area (Å²) in [6.07, 6.45) is 2.42. The molecular weight excluding hydrogens is 220 g/mol. The summed E-state index contributed by atoms with van der Waals surface area (Å²) in [4.78, 5) is 0. The van der Waals surface area contributed by atoms with Gasteiger partial charge in [-0.1, -0.05) is 44.5 Å². The molecule has 2 N–H and O–H groups in total. The zero-order chi connectivity index (χ0) is 13.0. The Bertz CT molecular complexity index is 375. The molecule has 1 aliphatic heterocycles. The Morgan fingerprint density at radius 1 is 1.33 bits per heavy atom. The Hall–Kier alpha value is -0.860. The standard InChI is InChI=1S/C16H26N2/c1-4-12(2)13(3)18-16-9-10-17-11-14-7-5-6-8-15(14)16/h5-8,12-13,16-18H,4,9-11H2,1-3H3. The zero-order valence-corrected chi connectivity index (χ0v) is 11.9. The van der Waals surface area contributed by atoms with E-state index in [2.05, 4.69) is 55.7 Å². The molecule has 0 spiro atoms. The lowest BCUT2D eigenvalue weighted by molar-refractivity contribution is 0.342. The molecule has 0 saturated carbocycles. The highest BCUT2D eigenvalue weighted by atomic mass is 15.0. The minimum absolute atomic E-state index is 0.500. The molecule has 0 aromatic heterocycles. The number of benzene rings is 1. The first-order valence-electron chi connectivity index (χ1n) is 7.27. The molecule has 1 aliphatic rings. The SMILES string of the molecule is CCC(C)C(C)NC1CCNCc2ccccc21. The molecule has 0 fully saturated rings. The molecule has 1 aromatic rings. The van der Waals surface area contributed by atoms with Gasteiger partial charge in [-0.15, -0.1) is 0 Å². The first kappa shape index (κ1) is 13.6. The molecule has 2 heteroatoms. The largest absolute Gasteiger partial charge is 0.313 e. The summed E-state index contributed by atoms with van der Waals surface area (Å²) >= 11 is 0. The van der Waals surface area contributed by atoms with Crippen molar-refractivity contribution < 1.29 is 0 Å². The van der Waals surface area contributed by atoms with Gasteiger partial charge in [-0.2, -0.15) is 0 Å². The maximum Gasteiger partial charge on any atom is 0.0337 e. The lowest BCUT2D eigenvalue weighted by Gasteiger charge is -2.27. The molecule has 1 aromatic carbocycles. The zero-order valence-electron chi connectivity index (χ0n) is 11.9. The van der Waals surface area contributed by atoms with Gasteiger partial charge in [-0.3, -0.25) is 0 Å². The smallest absolute Gasteiger partial charge is 0.0337 e. The summed E-state index contributed by atoms with van der Waals surface area (Å²) in [6, 6.07) is 9.90. The van der Waals surface area contributed by atoms with Crippen LogP contribution < -0.4 is 10.6 Å². The molecular formula is C16H26N2. The molecule has 100 valence electrons. The maximum atomic E-state index is 3.83. The number of fused-ring (bicyclic) bond motifs is 1. The predicted molar refractivity (Wildman–Crippen MR) is 77.6 cm³/mol. The van der Waals surface area contributed by atoms with Crippen LogP contribution >= 0.6 is 0 Å². The third-order valence-corrected chi connectivity index (χ3v) is 4.32. The molecule has 0 aliphatic carbocycles. The van der Waals surface area contributed by atoms with Crippen molar-refractivity contribution in [2.75, 3.05) is 6.54 Å². The fourth-order valence-corrected chi connectivity index (χ4v) is 2.67. The van der Waals surface area contributed by atoms with Crippen LogP contribution in [-0.2, 0) is 6.54 Å². The average Bonchev–Trinajstić information content (AvgIpc) is 2.60. The maximum absolute atomic E-state index is 3.83. The van der Waals surface area contributed by atoms with Crippen molar-refractivity contribution in [3.8, 4) is 0 Å². The van der Waals surface area contributed by atoms with Crippen LogP contribution in [0.15, 0.2) is 24.3 Å². The fourth-order valence-electron chi connectivity index (χ4n) is 2.67. The van der Waals surface area contributed by atoms with Gasteiger partial charge in [-0.25, -0.2) is 0 Å². The third-order valence-electron chi connectivity index (χ3n) is 4.32. The highest BCUT2D eigenvalue weighted by molar-refractivity contribution is 5.31. The number of nitrogens with one attached hydrogen (secondary N) is 2. The summed E-state index contributed by atoms with van der Waals surface area (Å²) < 4.78 is 0. The van der Waals surface area contributed by atoms with Crippen molar-refractivity contribution in [3.63, 3.8) is 0 Å². The summed E-state index contributed by atoms with van der Waals surface area (Å²) in [5.74, 6) is 0.730. The Labute approximate surface area is 111 Å². The van der Waals surface area contributed by atoms with Crippen LogP contribution in [0.25, 0.3) is 0 Å². The molecule has 0 radical (unpaired) electrons. The van der Waals surface area contributed by atoms with Crippen LogP contribution in [0.4, 0.5) is 0 Å². The van der Waals surface area contributed by atoms with Gasteiger partial charge >= 0.3 is 0 Å². The van der Waals surface area contributed by atoms with Crippen molar-refractivity contribution in [1.29, 1.82) is 0 Å². The van der Waals surface area contributed by atoms with E-state index in [4.69, 9.17) is 0 Å². The third kappa shape index (κ3) is 3.12. The van der Waals surface area contributed by atoms with E-state index in [-0.39, 0.29) is 0 Å². The van der Waals surface area contributed by atoms with Gasteiger partial charge in [-0.05, 0) is 36.9 Å². The average molecular weight is 246 g/mol. The van der Waals surface area contributed by atoms with Gasteiger partial charge in [0, 0.05) is 18.6 Å². The number of rotatable bonds is 4. The second-order valence-electron chi connectivity index (χ2n) is 5.56. The Morgan fingerprint density at radius 2 is 2.11 bits per heavy atom. The molecule has 2 rings (SSSR count). The van der Waals surface area contributed by atoms with Gasteiger partial charge < -0.3 is 10.6 Å². The van der Waals surface area contributed by atoms with E-state index >= 15 is 0 Å². The van der Waals surface area contributed by atoms with E-state index in [1.807, 2.05) is 0 Å². The van der Waals surface area contributed by atoms with Gasteiger partial charge in [0.05, 0.1) is 0 Å². The van der Waals surface area contributed by atoms with E-state index < -0.39 is 0 Å². The van der Waals surface area contributed by atoms with E-state index in [1.165, 1.54) is 24.0 Å². The van der Waals surface area contributed by atoms with Crippen LogP contribution in [0.3, 0.4) is 0 Å². The van der Waals surface area contributed by atoms with Crippen molar-refractivity contribution in [1.82, 2.24) is 10.6 Å². The van der Waals surface area contributed by atoms with Crippen LogP contribution in [0, 0.1) is 5.92 Å². The minimum atomic E-state index is 0.500. The van der Waals surface area contributed by atoms with Gasteiger partial charge in [0.15, 0.2) is 0 Å². The Morgan fingerprint density at radius 3 is 2.89 bits per heavy atom. The van der Waals surface area contributed by atoms with E-state index in [1.54, 1.807) is 0 Å². The molecule has 2 nitrogen and oxygen atoms in total. The quantitative estimate of drug-likeness (QED) is 0.852. The number of hydrogen-bond donors (Lipinski definition) is 2. The second kappa shape index (κ2) is 6.35. The second-order valence-corrected chi connectivity index (χ2v) is 5.56. The van der Waals surface area contributed by atoms with Gasteiger partial charge in [0.2, 0.25) is 0 Å². The molecule has 0 amide bonds. The Balaban J connectivity index is 2.13. The van der Waals surface area contributed by atoms with Gasteiger partial charge in [0.25, 0.3) is 0 Å². The molecule has 18 heavy (non-hydrogen) atoms. The topological polar surface area (TPSA) is 24.1 Å². The monoisotopic (exact) mass is 246 g/mol. The summed E-state index contributed by atoms with van der Waals surface area (Å²) in [5, 5.41) is 7.34. The fraction of sp³-hybridized carbons (Fsp3) is 0.625. The highest BCUT2D eigenvalue weighted by Gasteiger charge is 2.21. The lowest BCUT2D eigenvalue weighted by Crippen LogP contribution is -2.35. The summed E-state index contributed by atoms with van der Waals surface area (Å²) in [5.41, 5.74) is 2.93. The molecule has 0 saturated heterocycles. The van der Waals surface area contributed by atoms with Crippen molar-refractivity contribution >= 4 is 0 Å². The number of hydrogen-bond acceptors (Lipinski definition) is 2. The first-order valence-corrected chi connectivity index (χ1v) is 7.27. The molecule has 0 bridgehead atoms. The van der Waals surface area contributed by atoms with E-state index in [0.29, 0.717) is 12.1 Å². The highest BCUT2D eigenvalue weighted by Crippen LogP contribution is 2.25. The van der Waals surface area contributed by atoms with E-state index in [9.17, 15) is 0 Å². The van der Waals surface area contributed by atoms with Crippen LogP contribution in [0.5, 0.6) is 0 Å². The molecule has 3 unspecified atom stereocenters. The van der Waals surface area contributed by atoms with Gasteiger partial charge in [0.1, 0.15) is 0 Å². The summed E-state index contributed by atoms with van der Waals surface area (Å²) in [6.45, 7) is 9.02. The normalized spacial score (nSPS) is 22.9. The first-order chi connectivity index (χ1) is 8.72. The predicted octanol–water partition coefficient (Wildman–Crippen LogP) is 3.25. The van der Waals surface area contributed by atoms with Crippen LogP contribution in [-0.4, -0.2) is 12.6 Å². The van der Waals surface area contributed by atoms with Crippen LogP contribution in [0.2, 0.25) is 0 Å². The molecule has 3 atom stereocenters. The summed E-state index contributed by atoms with van der Waals surface area (Å²) in [7, 11) is 0. The Kier molecular flexibility index (Phi) is 4.79. The van der Waals surface area contributed by atoms with Crippen molar-refractivity contribution in [2.24, 2.45) is 5.92 Å².